The van der Waals surface area contributed by atoms with Gasteiger partial charge in [0.25, 0.3) is 5.91 Å². The van der Waals surface area contributed by atoms with Gasteiger partial charge in [-0.25, -0.2) is 9.97 Å². The van der Waals surface area contributed by atoms with Gasteiger partial charge in [0.2, 0.25) is 0 Å². The lowest BCUT2D eigenvalue weighted by atomic mass is 9.93. The number of esters is 1. The number of amides is 1. The standard InChI is InChI=1S/C24H41N5O3S/c1-16(2)15-29(18-11-17(12-25-13-18)22(31)32-6)21(30)19-14-27-23(24(3,4)5)28-20(19)26-9-8-10-33-7/h14,16-18,25H,8-13,15H2,1-7H3,(H,26,27,28)/t17-,18+/m1/s1. The van der Waals surface area contributed by atoms with E-state index in [4.69, 9.17) is 9.72 Å². The summed E-state index contributed by atoms with van der Waals surface area (Å²) < 4.78 is 4.96. The average molecular weight is 480 g/mol. The fourth-order valence-electron chi connectivity index (χ4n) is 3.91. The number of piperidine rings is 1. The van der Waals surface area contributed by atoms with Crippen LogP contribution in [0.3, 0.4) is 0 Å². The van der Waals surface area contributed by atoms with Crippen molar-refractivity contribution in [1.29, 1.82) is 0 Å². The number of thioether (sulfide) groups is 1. The number of carbonyl (C=O) groups is 2. The van der Waals surface area contributed by atoms with Crippen LogP contribution in [0.15, 0.2) is 6.20 Å². The third-order valence-corrected chi connectivity index (χ3v) is 6.33. The maximum absolute atomic E-state index is 13.9. The van der Waals surface area contributed by atoms with Crippen LogP contribution in [0.4, 0.5) is 5.82 Å². The van der Waals surface area contributed by atoms with Crippen molar-refractivity contribution in [3.63, 3.8) is 0 Å². The number of methoxy groups -OCH3 is 1. The molecule has 1 aliphatic rings. The Morgan fingerprint density at radius 3 is 2.67 bits per heavy atom. The van der Waals surface area contributed by atoms with Gasteiger partial charge < -0.3 is 20.3 Å². The van der Waals surface area contributed by atoms with E-state index >= 15 is 0 Å². The van der Waals surface area contributed by atoms with Gasteiger partial charge in [-0.2, -0.15) is 11.8 Å². The molecule has 0 bridgehead atoms. The highest BCUT2D eigenvalue weighted by molar-refractivity contribution is 7.98. The van der Waals surface area contributed by atoms with E-state index in [0.29, 0.717) is 43.3 Å². The van der Waals surface area contributed by atoms with Crippen LogP contribution in [-0.4, -0.2) is 78.1 Å². The number of ether oxygens (including phenoxy) is 1. The molecule has 1 aromatic rings. The largest absolute Gasteiger partial charge is 0.469 e. The molecule has 2 N–H and O–H groups in total. The number of rotatable bonds is 10. The molecule has 1 fully saturated rings. The minimum absolute atomic E-state index is 0.103. The van der Waals surface area contributed by atoms with Crippen LogP contribution >= 0.6 is 11.8 Å². The Bertz CT molecular complexity index is 797. The van der Waals surface area contributed by atoms with Gasteiger partial charge in [0.15, 0.2) is 0 Å². The van der Waals surface area contributed by atoms with Crippen LogP contribution < -0.4 is 10.6 Å². The summed E-state index contributed by atoms with van der Waals surface area (Å²) in [6, 6.07) is -0.107. The van der Waals surface area contributed by atoms with Gasteiger partial charge >= 0.3 is 5.97 Å². The van der Waals surface area contributed by atoms with Crippen LogP contribution in [0.2, 0.25) is 0 Å². The van der Waals surface area contributed by atoms with Gasteiger partial charge in [-0.15, -0.1) is 0 Å². The predicted octanol–water partition coefficient (Wildman–Crippen LogP) is 3.19. The highest BCUT2D eigenvalue weighted by Crippen LogP contribution is 2.25. The van der Waals surface area contributed by atoms with E-state index < -0.39 is 0 Å². The normalized spacial score (nSPS) is 18.8. The monoisotopic (exact) mass is 479 g/mol. The molecule has 2 atom stereocenters. The molecule has 0 aromatic carbocycles. The third kappa shape index (κ3) is 7.84. The van der Waals surface area contributed by atoms with Crippen LogP contribution in [0.5, 0.6) is 0 Å². The number of aromatic nitrogens is 2. The molecule has 0 radical (unpaired) electrons. The van der Waals surface area contributed by atoms with Crippen molar-refractivity contribution in [3.8, 4) is 0 Å². The number of nitrogens with zero attached hydrogens (tertiary/aromatic N) is 3. The van der Waals surface area contributed by atoms with Gasteiger partial charge in [0, 0.05) is 43.8 Å². The molecular weight excluding hydrogens is 438 g/mol. The van der Waals surface area contributed by atoms with E-state index in [1.54, 1.807) is 18.0 Å². The summed E-state index contributed by atoms with van der Waals surface area (Å²) in [4.78, 5) is 37.2. The van der Waals surface area contributed by atoms with E-state index in [1.165, 1.54) is 7.11 Å². The summed E-state index contributed by atoms with van der Waals surface area (Å²) in [6.45, 7) is 12.9. The van der Waals surface area contributed by atoms with Crippen molar-refractivity contribution in [1.82, 2.24) is 20.2 Å². The number of hydrogen-bond donors (Lipinski definition) is 2. The molecule has 33 heavy (non-hydrogen) atoms. The van der Waals surface area contributed by atoms with Gasteiger partial charge in [-0.1, -0.05) is 34.6 Å². The van der Waals surface area contributed by atoms with E-state index in [2.05, 4.69) is 56.5 Å². The Labute approximate surface area is 203 Å². The summed E-state index contributed by atoms with van der Waals surface area (Å²) in [6.07, 6.45) is 5.30. The molecule has 1 aliphatic heterocycles. The number of anilines is 1. The topological polar surface area (TPSA) is 96.5 Å². The first kappa shape index (κ1) is 27.4. The second-order valence-corrected chi connectivity index (χ2v) is 11.1. The first-order valence-electron chi connectivity index (χ1n) is 11.8. The summed E-state index contributed by atoms with van der Waals surface area (Å²) in [5.41, 5.74) is 0.253. The molecule has 0 spiro atoms. The second kappa shape index (κ2) is 12.6. The van der Waals surface area contributed by atoms with Crippen molar-refractivity contribution < 1.29 is 14.3 Å². The van der Waals surface area contributed by atoms with Crippen molar-refractivity contribution in [2.24, 2.45) is 11.8 Å². The van der Waals surface area contributed by atoms with Gasteiger partial charge in [-0.3, -0.25) is 9.59 Å². The summed E-state index contributed by atoms with van der Waals surface area (Å²) in [7, 11) is 1.41. The summed E-state index contributed by atoms with van der Waals surface area (Å²) in [5, 5.41) is 6.70. The minimum Gasteiger partial charge on any atom is -0.469 e. The molecule has 2 rings (SSSR count). The second-order valence-electron chi connectivity index (χ2n) is 10.1. The zero-order chi connectivity index (χ0) is 24.6. The van der Waals surface area contributed by atoms with Crippen LogP contribution in [0, 0.1) is 11.8 Å². The SMILES string of the molecule is COC(=O)[C@H]1CNC[C@@H](N(CC(C)C)C(=O)c2cnc(C(C)(C)C)nc2NCCCSC)C1. The third-order valence-electron chi connectivity index (χ3n) is 5.63. The maximum Gasteiger partial charge on any atom is 0.310 e. The lowest BCUT2D eigenvalue weighted by Crippen LogP contribution is -2.53. The zero-order valence-corrected chi connectivity index (χ0v) is 22.1. The fourth-order valence-corrected chi connectivity index (χ4v) is 4.34. The summed E-state index contributed by atoms with van der Waals surface area (Å²) in [5.74, 6) is 2.00. The van der Waals surface area contributed by atoms with Crippen LogP contribution in [0.25, 0.3) is 0 Å². The first-order valence-corrected chi connectivity index (χ1v) is 13.2. The van der Waals surface area contributed by atoms with Gasteiger partial charge in [-0.05, 0) is 30.8 Å². The Balaban J connectivity index is 2.36. The van der Waals surface area contributed by atoms with E-state index in [1.807, 2.05) is 4.90 Å². The Hall–Kier alpha value is -1.87. The highest BCUT2D eigenvalue weighted by atomic mass is 32.2. The van der Waals surface area contributed by atoms with Crippen molar-refractivity contribution in [2.45, 2.75) is 58.9 Å². The molecule has 0 saturated carbocycles. The van der Waals surface area contributed by atoms with E-state index in [0.717, 1.165) is 18.7 Å². The first-order chi connectivity index (χ1) is 15.6. The number of carbonyl (C=O) groups excluding carboxylic acids is 2. The average Bonchev–Trinajstić information content (AvgIpc) is 2.78. The smallest absolute Gasteiger partial charge is 0.310 e. The molecule has 0 unspecified atom stereocenters. The fraction of sp³-hybridized carbons (Fsp3) is 0.750. The van der Waals surface area contributed by atoms with Gasteiger partial charge in [0.1, 0.15) is 17.2 Å². The van der Waals surface area contributed by atoms with Crippen molar-refractivity contribution >= 4 is 29.5 Å². The quantitative estimate of drug-likeness (QED) is 0.390. The zero-order valence-electron chi connectivity index (χ0n) is 21.2. The Kier molecular flexibility index (Phi) is 10.4. The Morgan fingerprint density at radius 1 is 1.33 bits per heavy atom. The molecule has 1 aromatic heterocycles. The van der Waals surface area contributed by atoms with Crippen molar-refractivity contribution in [2.75, 3.05) is 50.6 Å². The van der Waals surface area contributed by atoms with Gasteiger partial charge in [0.05, 0.1) is 13.0 Å². The number of nitrogens with one attached hydrogen (secondary N) is 2. The molecule has 2 heterocycles. The highest BCUT2D eigenvalue weighted by Gasteiger charge is 2.35. The molecular formula is C24H41N5O3S. The summed E-state index contributed by atoms with van der Waals surface area (Å²) >= 11 is 1.80. The van der Waals surface area contributed by atoms with E-state index in [-0.39, 0.29) is 35.2 Å². The van der Waals surface area contributed by atoms with Crippen molar-refractivity contribution in [3.05, 3.63) is 17.6 Å². The molecule has 8 nitrogen and oxygen atoms in total. The number of hydrogen-bond acceptors (Lipinski definition) is 8. The maximum atomic E-state index is 13.9. The molecule has 0 aliphatic carbocycles. The lowest BCUT2D eigenvalue weighted by Gasteiger charge is -2.38. The Morgan fingerprint density at radius 2 is 2.06 bits per heavy atom. The predicted molar refractivity (Wildman–Crippen MR) is 135 cm³/mol. The minimum atomic E-state index is -0.264. The lowest BCUT2D eigenvalue weighted by molar-refractivity contribution is -0.146. The molecule has 9 heteroatoms. The molecule has 1 saturated heterocycles. The molecule has 186 valence electrons. The van der Waals surface area contributed by atoms with Crippen LogP contribution in [-0.2, 0) is 14.9 Å². The van der Waals surface area contributed by atoms with Crippen LogP contribution in [0.1, 0.15) is 63.6 Å². The van der Waals surface area contributed by atoms with E-state index in [9.17, 15) is 9.59 Å². The molecule has 1 amide bonds.